The summed E-state index contributed by atoms with van der Waals surface area (Å²) in [7, 11) is -4.31. The predicted octanol–water partition coefficient (Wildman–Crippen LogP) is 3.86. The van der Waals surface area contributed by atoms with Crippen molar-refractivity contribution >= 4 is 27.3 Å². The second-order valence-corrected chi connectivity index (χ2v) is 8.61. The van der Waals surface area contributed by atoms with Crippen LogP contribution in [0.1, 0.15) is 26.3 Å². The van der Waals surface area contributed by atoms with Crippen LogP contribution in [-0.4, -0.2) is 32.1 Å². The number of alkyl halides is 3. The molecule has 0 spiro atoms. The predicted molar refractivity (Wildman–Crippen MR) is 109 cm³/mol. The van der Waals surface area contributed by atoms with Gasteiger partial charge in [0.15, 0.2) is 0 Å². The zero-order valence-electron chi connectivity index (χ0n) is 17.0. The molecule has 0 aliphatic carbocycles. The Morgan fingerprint density at radius 1 is 1.13 bits per heavy atom. The number of ether oxygens (including phenoxy) is 1. The highest BCUT2D eigenvalue weighted by Crippen LogP contribution is 2.33. The highest BCUT2D eigenvalue weighted by atomic mass is 32.2. The van der Waals surface area contributed by atoms with Gasteiger partial charge in [0.05, 0.1) is 12.2 Å². The van der Waals surface area contributed by atoms with E-state index >= 15 is 0 Å². The number of hydrogen-bond donors (Lipinski definition) is 3. The van der Waals surface area contributed by atoms with Crippen molar-refractivity contribution in [1.29, 1.82) is 0 Å². The van der Waals surface area contributed by atoms with Crippen LogP contribution in [0.3, 0.4) is 0 Å². The standard InChI is InChI=1S/C20H23F3N2O5S/c1-4-30-16-11-14(24-19(27)18(26)12(2)3)8-9-17(16)31(28,29)25-15-7-5-6-13(10-15)20(21,22)23/h5-12,18,25-26H,4H2,1-3H3,(H,24,27)/t18-/m0/s1. The number of aliphatic hydroxyl groups excluding tert-OH is 1. The molecule has 0 radical (unpaired) electrons. The summed E-state index contributed by atoms with van der Waals surface area (Å²) in [6, 6.07) is 7.48. The van der Waals surface area contributed by atoms with E-state index < -0.39 is 33.8 Å². The lowest BCUT2D eigenvalue weighted by Crippen LogP contribution is -2.31. The van der Waals surface area contributed by atoms with Crippen LogP contribution in [0.5, 0.6) is 5.75 Å². The Balaban J connectivity index is 2.35. The minimum Gasteiger partial charge on any atom is -0.492 e. The smallest absolute Gasteiger partial charge is 0.416 e. The molecule has 0 heterocycles. The van der Waals surface area contributed by atoms with Crippen LogP contribution in [0.4, 0.5) is 24.5 Å². The van der Waals surface area contributed by atoms with Crippen molar-refractivity contribution in [2.45, 2.75) is 37.9 Å². The molecule has 7 nitrogen and oxygen atoms in total. The average molecular weight is 460 g/mol. The second-order valence-electron chi connectivity index (χ2n) is 6.96. The third-order valence-electron chi connectivity index (χ3n) is 4.14. The normalized spacial score (nSPS) is 13.0. The van der Waals surface area contributed by atoms with E-state index in [1.165, 1.54) is 18.2 Å². The molecule has 2 aromatic carbocycles. The van der Waals surface area contributed by atoms with E-state index in [9.17, 15) is 31.5 Å². The molecule has 0 saturated heterocycles. The number of anilines is 2. The van der Waals surface area contributed by atoms with Crippen LogP contribution >= 0.6 is 0 Å². The Labute approximate surface area is 178 Å². The Hall–Kier alpha value is -2.79. The number of aliphatic hydroxyl groups is 1. The lowest BCUT2D eigenvalue weighted by Gasteiger charge is -2.17. The van der Waals surface area contributed by atoms with Crippen LogP contribution in [0.2, 0.25) is 0 Å². The summed E-state index contributed by atoms with van der Waals surface area (Å²) in [6.45, 7) is 5.03. The van der Waals surface area contributed by atoms with Gasteiger partial charge in [-0.15, -0.1) is 0 Å². The molecule has 1 amide bonds. The molecule has 2 aromatic rings. The summed E-state index contributed by atoms with van der Waals surface area (Å²) in [6.07, 6.45) is -5.89. The van der Waals surface area contributed by atoms with Crippen molar-refractivity contribution in [1.82, 2.24) is 0 Å². The Bertz CT molecular complexity index is 1040. The van der Waals surface area contributed by atoms with Crippen molar-refractivity contribution in [2.24, 2.45) is 5.92 Å². The van der Waals surface area contributed by atoms with E-state index in [1.807, 2.05) is 0 Å². The molecule has 31 heavy (non-hydrogen) atoms. The summed E-state index contributed by atoms with van der Waals surface area (Å²) in [5, 5.41) is 12.3. The first kappa shape index (κ1) is 24.5. The fourth-order valence-corrected chi connectivity index (χ4v) is 3.74. The van der Waals surface area contributed by atoms with E-state index in [-0.39, 0.29) is 34.5 Å². The highest BCUT2D eigenvalue weighted by Gasteiger charge is 2.31. The van der Waals surface area contributed by atoms with E-state index in [4.69, 9.17) is 4.74 Å². The second kappa shape index (κ2) is 9.56. The molecule has 0 aliphatic rings. The molecule has 0 saturated carbocycles. The third kappa shape index (κ3) is 6.34. The van der Waals surface area contributed by atoms with E-state index in [0.29, 0.717) is 6.07 Å². The van der Waals surface area contributed by atoms with Gasteiger partial charge >= 0.3 is 6.18 Å². The van der Waals surface area contributed by atoms with Crippen LogP contribution in [0.15, 0.2) is 47.4 Å². The molecule has 3 N–H and O–H groups in total. The van der Waals surface area contributed by atoms with Gasteiger partial charge in [0, 0.05) is 17.4 Å². The molecular weight excluding hydrogens is 437 g/mol. The summed E-state index contributed by atoms with van der Waals surface area (Å²) >= 11 is 0. The molecule has 0 unspecified atom stereocenters. The minimum atomic E-state index is -4.63. The molecule has 1 atom stereocenters. The number of rotatable bonds is 8. The van der Waals surface area contributed by atoms with Gasteiger partial charge in [-0.25, -0.2) is 8.42 Å². The number of halogens is 3. The molecule has 0 bridgehead atoms. The maximum absolute atomic E-state index is 12.9. The fourth-order valence-electron chi connectivity index (χ4n) is 2.56. The maximum atomic E-state index is 12.9. The summed E-state index contributed by atoms with van der Waals surface area (Å²) in [5.41, 5.74) is -1.08. The van der Waals surface area contributed by atoms with Gasteiger partial charge in [-0.3, -0.25) is 9.52 Å². The van der Waals surface area contributed by atoms with Gasteiger partial charge in [-0.2, -0.15) is 13.2 Å². The van der Waals surface area contributed by atoms with Gasteiger partial charge in [0.2, 0.25) is 0 Å². The van der Waals surface area contributed by atoms with Crippen LogP contribution < -0.4 is 14.8 Å². The van der Waals surface area contributed by atoms with Crippen LogP contribution in [0, 0.1) is 5.92 Å². The van der Waals surface area contributed by atoms with Gasteiger partial charge < -0.3 is 15.2 Å². The van der Waals surface area contributed by atoms with Crippen molar-refractivity contribution in [2.75, 3.05) is 16.6 Å². The molecule has 170 valence electrons. The minimum absolute atomic E-state index is 0.0953. The van der Waals surface area contributed by atoms with Gasteiger partial charge in [0.1, 0.15) is 16.7 Å². The largest absolute Gasteiger partial charge is 0.492 e. The summed E-state index contributed by atoms with van der Waals surface area (Å²) in [5.74, 6) is -1.11. The third-order valence-corrected chi connectivity index (χ3v) is 5.56. The number of benzene rings is 2. The number of hydrogen-bond acceptors (Lipinski definition) is 5. The van der Waals surface area contributed by atoms with Crippen molar-refractivity contribution in [3.63, 3.8) is 0 Å². The van der Waals surface area contributed by atoms with Gasteiger partial charge in [-0.05, 0) is 43.2 Å². The molecule has 11 heteroatoms. The summed E-state index contributed by atoms with van der Waals surface area (Å²) < 4.78 is 71.7. The first-order chi connectivity index (χ1) is 14.3. The van der Waals surface area contributed by atoms with E-state index in [0.717, 1.165) is 18.2 Å². The molecule has 0 aromatic heterocycles. The molecule has 2 rings (SSSR count). The Morgan fingerprint density at radius 2 is 1.81 bits per heavy atom. The van der Waals surface area contributed by atoms with Crippen molar-refractivity contribution in [3.8, 4) is 5.75 Å². The Morgan fingerprint density at radius 3 is 2.39 bits per heavy atom. The monoisotopic (exact) mass is 460 g/mol. The lowest BCUT2D eigenvalue weighted by atomic mass is 10.1. The Kier molecular flexibility index (Phi) is 7.55. The van der Waals surface area contributed by atoms with E-state index in [1.54, 1.807) is 20.8 Å². The van der Waals surface area contributed by atoms with Crippen LogP contribution in [-0.2, 0) is 21.0 Å². The average Bonchev–Trinajstić information content (AvgIpc) is 2.66. The quantitative estimate of drug-likeness (QED) is 0.555. The SMILES string of the molecule is CCOc1cc(NC(=O)[C@@H](O)C(C)C)ccc1S(=O)(=O)Nc1cccc(C(F)(F)F)c1. The van der Waals surface area contributed by atoms with Gasteiger partial charge in [0.25, 0.3) is 15.9 Å². The highest BCUT2D eigenvalue weighted by molar-refractivity contribution is 7.92. The van der Waals surface area contributed by atoms with Crippen LogP contribution in [0.25, 0.3) is 0 Å². The maximum Gasteiger partial charge on any atom is 0.416 e. The first-order valence-corrected chi connectivity index (χ1v) is 10.8. The number of carbonyl (C=O) groups is 1. The van der Waals surface area contributed by atoms with E-state index in [2.05, 4.69) is 10.0 Å². The first-order valence-electron chi connectivity index (χ1n) is 9.31. The lowest BCUT2D eigenvalue weighted by molar-refractivity contribution is -0.137. The van der Waals surface area contributed by atoms with Crippen molar-refractivity contribution in [3.05, 3.63) is 48.0 Å². The number of nitrogens with one attached hydrogen (secondary N) is 2. The van der Waals surface area contributed by atoms with Crippen molar-refractivity contribution < 1.29 is 36.2 Å². The fraction of sp³-hybridized carbons (Fsp3) is 0.350. The molecule has 0 aliphatic heterocycles. The zero-order chi connectivity index (χ0) is 23.4. The number of sulfonamides is 1. The molecule has 0 fully saturated rings. The zero-order valence-corrected chi connectivity index (χ0v) is 17.8. The number of amides is 1. The molecular formula is C20H23F3N2O5S. The topological polar surface area (TPSA) is 105 Å². The summed E-state index contributed by atoms with van der Waals surface area (Å²) in [4.78, 5) is 11.7. The van der Waals surface area contributed by atoms with Gasteiger partial charge in [-0.1, -0.05) is 19.9 Å². The number of carbonyl (C=O) groups excluding carboxylic acids is 1.